The molecule has 0 fully saturated rings. The highest BCUT2D eigenvalue weighted by atomic mass is 32.1. The second-order valence-electron chi connectivity index (χ2n) is 2.70. The van der Waals surface area contributed by atoms with E-state index in [0.29, 0.717) is 15.6 Å². The number of aliphatic hydroxyl groups excluding tert-OH is 1. The zero-order valence-corrected chi connectivity index (χ0v) is 7.44. The molecule has 0 unspecified atom stereocenters. The Labute approximate surface area is 77.9 Å². The molecule has 0 aliphatic rings. The van der Waals surface area contributed by atoms with Crippen LogP contribution in [0.1, 0.15) is 5.56 Å². The maximum Gasteiger partial charge on any atom is 0.177 e. The number of hydrogen-bond acceptors (Lipinski definition) is 3. The van der Waals surface area contributed by atoms with E-state index >= 15 is 0 Å². The summed E-state index contributed by atoms with van der Waals surface area (Å²) >= 11 is 0.931. The molecule has 2 aromatic rings. The number of aliphatic hydroxyl groups is 1. The number of phenolic OH excluding ortho intramolecular Hbond substituents is 1. The lowest BCUT2D eigenvalue weighted by atomic mass is 10.1. The van der Waals surface area contributed by atoms with Gasteiger partial charge in [-0.05, 0) is 17.7 Å². The van der Waals surface area contributed by atoms with Crippen LogP contribution in [-0.4, -0.2) is 10.2 Å². The summed E-state index contributed by atoms with van der Waals surface area (Å²) in [6.07, 6.45) is 0. The first kappa shape index (κ1) is 8.47. The van der Waals surface area contributed by atoms with E-state index in [1.807, 2.05) is 0 Å². The van der Waals surface area contributed by atoms with Gasteiger partial charge in [0.15, 0.2) is 5.13 Å². The molecule has 1 aromatic heterocycles. The van der Waals surface area contributed by atoms with Gasteiger partial charge in [0.05, 0.1) is 6.61 Å². The first-order chi connectivity index (χ1) is 6.22. The fourth-order valence-electron chi connectivity index (χ4n) is 1.26. The van der Waals surface area contributed by atoms with E-state index in [4.69, 9.17) is 5.11 Å². The van der Waals surface area contributed by atoms with Crippen molar-refractivity contribution in [2.45, 2.75) is 6.61 Å². The largest absolute Gasteiger partial charge is 0.507 e. The third-order valence-corrected chi connectivity index (χ3v) is 2.88. The van der Waals surface area contributed by atoms with Gasteiger partial charge in [-0.15, -0.1) is 11.3 Å². The lowest BCUT2D eigenvalue weighted by Crippen LogP contribution is -1.81. The zero-order chi connectivity index (χ0) is 9.42. The average Bonchev–Trinajstić information content (AvgIpc) is 2.48. The maximum atomic E-state index is 12.8. The molecular weight excluding hydrogens is 191 g/mol. The van der Waals surface area contributed by atoms with Crippen molar-refractivity contribution in [2.24, 2.45) is 0 Å². The first-order valence-corrected chi connectivity index (χ1v) is 4.55. The van der Waals surface area contributed by atoms with E-state index in [-0.39, 0.29) is 17.5 Å². The van der Waals surface area contributed by atoms with E-state index in [1.54, 1.807) is 6.07 Å². The molecule has 0 aliphatic carbocycles. The van der Waals surface area contributed by atoms with Crippen LogP contribution in [0.2, 0.25) is 0 Å². The summed E-state index contributed by atoms with van der Waals surface area (Å²) in [6.45, 7) is -0.142. The number of phenols is 1. The van der Waals surface area contributed by atoms with Crippen molar-refractivity contribution in [3.05, 3.63) is 28.9 Å². The monoisotopic (exact) mass is 198 g/mol. The van der Waals surface area contributed by atoms with Gasteiger partial charge < -0.3 is 10.2 Å². The molecule has 68 valence electrons. The predicted octanol–water partition coefficient (Wildman–Crippen LogP) is 2.24. The highest BCUT2D eigenvalue weighted by Gasteiger charge is 2.08. The van der Waals surface area contributed by atoms with Crippen LogP contribution in [0.3, 0.4) is 0 Å². The third kappa shape index (κ3) is 1.28. The molecule has 0 spiro atoms. The summed E-state index contributed by atoms with van der Waals surface area (Å²) in [5.41, 5.74) is 0.640. The minimum atomic E-state index is -0.355. The van der Waals surface area contributed by atoms with Crippen molar-refractivity contribution in [3.8, 4) is 5.75 Å². The van der Waals surface area contributed by atoms with Crippen LogP contribution in [0.25, 0.3) is 10.1 Å². The predicted molar refractivity (Wildman–Crippen MR) is 49.4 cm³/mol. The van der Waals surface area contributed by atoms with Crippen LogP contribution < -0.4 is 0 Å². The Morgan fingerprint density at radius 2 is 2.15 bits per heavy atom. The van der Waals surface area contributed by atoms with Gasteiger partial charge in [-0.3, -0.25) is 0 Å². The third-order valence-electron chi connectivity index (χ3n) is 1.88. The van der Waals surface area contributed by atoms with Crippen LogP contribution in [0.15, 0.2) is 18.2 Å². The molecule has 0 saturated heterocycles. The van der Waals surface area contributed by atoms with Crippen molar-refractivity contribution in [3.63, 3.8) is 0 Å². The Kier molecular flexibility index (Phi) is 1.94. The van der Waals surface area contributed by atoms with Gasteiger partial charge in [0.1, 0.15) is 5.75 Å². The van der Waals surface area contributed by atoms with E-state index in [1.165, 1.54) is 12.1 Å². The highest BCUT2D eigenvalue weighted by Crippen LogP contribution is 2.33. The Morgan fingerprint density at radius 1 is 1.38 bits per heavy atom. The summed E-state index contributed by atoms with van der Waals surface area (Å²) in [6, 6.07) is 4.32. The number of rotatable bonds is 1. The van der Waals surface area contributed by atoms with Gasteiger partial charge in [-0.25, -0.2) is 0 Å². The van der Waals surface area contributed by atoms with Crippen LogP contribution in [0, 0.1) is 5.13 Å². The Balaban J connectivity index is 2.83. The number of fused-ring (bicyclic) bond motifs is 1. The quantitative estimate of drug-likeness (QED) is 0.737. The van der Waals surface area contributed by atoms with Crippen LogP contribution in [0.5, 0.6) is 5.75 Å². The zero-order valence-electron chi connectivity index (χ0n) is 6.62. The maximum absolute atomic E-state index is 12.8. The highest BCUT2D eigenvalue weighted by molar-refractivity contribution is 7.17. The number of halogens is 1. The lowest BCUT2D eigenvalue weighted by Gasteiger charge is -1.99. The summed E-state index contributed by atoms with van der Waals surface area (Å²) in [5.74, 6) is 0.0485. The summed E-state index contributed by atoms with van der Waals surface area (Å²) < 4.78 is 13.5. The fourth-order valence-corrected chi connectivity index (χ4v) is 2.17. The molecule has 0 bridgehead atoms. The first-order valence-electron chi connectivity index (χ1n) is 3.73. The van der Waals surface area contributed by atoms with Crippen LogP contribution >= 0.6 is 11.3 Å². The number of thiophene rings is 1. The van der Waals surface area contributed by atoms with Gasteiger partial charge in [0, 0.05) is 10.1 Å². The number of hydrogen-bond donors (Lipinski definition) is 2. The topological polar surface area (TPSA) is 40.5 Å². The molecule has 1 heterocycles. The Morgan fingerprint density at radius 3 is 2.85 bits per heavy atom. The minimum Gasteiger partial charge on any atom is -0.507 e. The van der Waals surface area contributed by atoms with E-state index in [9.17, 15) is 9.50 Å². The molecule has 0 amide bonds. The molecule has 2 rings (SSSR count). The molecule has 0 aliphatic heterocycles. The lowest BCUT2D eigenvalue weighted by molar-refractivity contribution is 0.283. The van der Waals surface area contributed by atoms with Gasteiger partial charge in [-0.2, -0.15) is 4.39 Å². The molecule has 0 atom stereocenters. The molecule has 1 aromatic carbocycles. The van der Waals surface area contributed by atoms with Crippen molar-refractivity contribution < 1.29 is 14.6 Å². The number of benzene rings is 1. The number of aromatic hydroxyl groups is 1. The summed E-state index contributed by atoms with van der Waals surface area (Å²) in [4.78, 5) is 0. The Hall–Kier alpha value is -1.13. The standard InChI is InChI=1S/C9H7FO2S/c10-8-3-6-7(12)2-1-5(4-11)9(6)13-8/h1-3,11-12H,4H2. The summed E-state index contributed by atoms with van der Waals surface area (Å²) in [7, 11) is 0. The van der Waals surface area contributed by atoms with Crippen molar-refractivity contribution >= 4 is 21.4 Å². The smallest absolute Gasteiger partial charge is 0.177 e. The Bertz CT molecular complexity index is 450. The van der Waals surface area contributed by atoms with Gasteiger partial charge >= 0.3 is 0 Å². The van der Waals surface area contributed by atoms with Gasteiger partial charge in [-0.1, -0.05) is 6.07 Å². The minimum absolute atomic E-state index is 0.0485. The molecule has 13 heavy (non-hydrogen) atoms. The molecule has 2 N–H and O–H groups in total. The van der Waals surface area contributed by atoms with Crippen molar-refractivity contribution in [1.82, 2.24) is 0 Å². The van der Waals surface area contributed by atoms with Crippen LogP contribution in [-0.2, 0) is 6.61 Å². The second kappa shape index (κ2) is 2.97. The van der Waals surface area contributed by atoms with E-state index in [2.05, 4.69) is 0 Å². The fraction of sp³-hybridized carbons (Fsp3) is 0.111. The van der Waals surface area contributed by atoms with E-state index in [0.717, 1.165) is 11.3 Å². The molecule has 0 radical (unpaired) electrons. The molecule has 2 nitrogen and oxygen atoms in total. The molecular formula is C9H7FO2S. The van der Waals surface area contributed by atoms with Crippen molar-refractivity contribution in [2.75, 3.05) is 0 Å². The average molecular weight is 198 g/mol. The summed E-state index contributed by atoms with van der Waals surface area (Å²) in [5, 5.41) is 18.4. The SMILES string of the molecule is OCc1ccc(O)c2cc(F)sc12. The normalized spacial score (nSPS) is 10.9. The molecule has 4 heteroatoms. The van der Waals surface area contributed by atoms with Gasteiger partial charge in [0.25, 0.3) is 0 Å². The van der Waals surface area contributed by atoms with Gasteiger partial charge in [0.2, 0.25) is 0 Å². The second-order valence-corrected chi connectivity index (χ2v) is 3.70. The van der Waals surface area contributed by atoms with Crippen LogP contribution in [0.4, 0.5) is 4.39 Å². The van der Waals surface area contributed by atoms with Crippen molar-refractivity contribution in [1.29, 1.82) is 0 Å². The van der Waals surface area contributed by atoms with E-state index < -0.39 is 0 Å². The molecule has 0 saturated carbocycles.